The first-order chi connectivity index (χ1) is 10.7. The highest BCUT2D eigenvalue weighted by atomic mass is 19.1. The van der Waals surface area contributed by atoms with Gasteiger partial charge in [0, 0.05) is 18.1 Å². The number of carbonyl (C=O) groups is 1. The van der Waals surface area contributed by atoms with Gasteiger partial charge in [-0.15, -0.1) is 0 Å². The lowest BCUT2D eigenvalue weighted by Gasteiger charge is -2.06. The quantitative estimate of drug-likeness (QED) is 0.802. The zero-order valence-electron chi connectivity index (χ0n) is 11.9. The normalized spacial score (nSPS) is 10.6. The van der Waals surface area contributed by atoms with E-state index in [2.05, 4.69) is 10.3 Å². The van der Waals surface area contributed by atoms with E-state index in [4.69, 9.17) is 0 Å². The van der Waals surface area contributed by atoms with Gasteiger partial charge in [-0.3, -0.25) is 9.78 Å². The van der Waals surface area contributed by atoms with Crippen molar-refractivity contribution in [1.82, 2.24) is 10.3 Å². The maximum atomic E-state index is 12.8. The van der Waals surface area contributed by atoms with Gasteiger partial charge in [-0.25, -0.2) is 4.39 Å². The Bertz CT molecular complexity index is 800. The lowest BCUT2D eigenvalue weighted by molar-refractivity contribution is 0.0954. The van der Waals surface area contributed by atoms with Crippen LogP contribution in [0.4, 0.5) is 4.39 Å². The molecule has 0 bridgehead atoms. The molecule has 3 rings (SSSR count). The van der Waals surface area contributed by atoms with Crippen LogP contribution in [0, 0.1) is 5.82 Å². The molecule has 1 N–H and O–H groups in total. The molecule has 2 aromatic carbocycles. The van der Waals surface area contributed by atoms with Crippen LogP contribution in [0.1, 0.15) is 15.9 Å². The first-order valence-corrected chi connectivity index (χ1v) is 7.10. The van der Waals surface area contributed by atoms with Crippen LogP contribution >= 0.6 is 0 Å². The van der Waals surface area contributed by atoms with Crippen LogP contribution in [-0.2, 0) is 6.42 Å². The number of fused-ring (bicyclic) bond motifs is 1. The Morgan fingerprint density at radius 2 is 1.86 bits per heavy atom. The second-order valence-corrected chi connectivity index (χ2v) is 5.05. The number of pyridine rings is 1. The fourth-order valence-electron chi connectivity index (χ4n) is 2.27. The van der Waals surface area contributed by atoms with Crippen molar-refractivity contribution in [2.45, 2.75) is 6.42 Å². The van der Waals surface area contributed by atoms with Crippen LogP contribution < -0.4 is 5.32 Å². The lowest BCUT2D eigenvalue weighted by atomic mass is 10.1. The first kappa shape index (κ1) is 14.2. The molecule has 3 nitrogen and oxygen atoms in total. The Kier molecular flexibility index (Phi) is 4.10. The zero-order valence-corrected chi connectivity index (χ0v) is 11.9. The Hall–Kier alpha value is -2.75. The Morgan fingerprint density at radius 1 is 1.09 bits per heavy atom. The van der Waals surface area contributed by atoms with Gasteiger partial charge in [0.1, 0.15) is 5.82 Å². The highest BCUT2D eigenvalue weighted by Gasteiger charge is 2.06. The van der Waals surface area contributed by atoms with Crippen LogP contribution in [0.2, 0.25) is 0 Å². The van der Waals surface area contributed by atoms with Gasteiger partial charge in [0.2, 0.25) is 0 Å². The van der Waals surface area contributed by atoms with Crippen LogP contribution in [0.3, 0.4) is 0 Å². The van der Waals surface area contributed by atoms with E-state index in [-0.39, 0.29) is 11.7 Å². The number of nitrogens with zero attached hydrogens (tertiary/aromatic N) is 1. The number of aromatic nitrogens is 1. The molecule has 1 amide bonds. The maximum absolute atomic E-state index is 12.8. The van der Waals surface area contributed by atoms with E-state index >= 15 is 0 Å². The van der Waals surface area contributed by atoms with Gasteiger partial charge >= 0.3 is 0 Å². The summed E-state index contributed by atoms with van der Waals surface area (Å²) >= 11 is 0. The third kappa shape index (κ3) is 3.28. The highest BCUT2D eigenvalue weighted by molar-refractivity contribution is 5.97. The van der Waals surface area contributed by atoms with Crippen LogP contribution in [0.15, 0.2) is 60.8 Å². The number of rotatable bonds is 4. The molecule has 1 heterocycles. The van der Waals surface area contributed by atoms with Crippen molar-refractivity contribution in [2.75, 3.05) is 6.54 Å². The molecule has 0 fully saturated rings. The number of para-hydroxylation sites is 1. The van der Waals surface area contributed by atoms with Gasteiger partial charge in [0.15, 0.2) is 0 Å². The molecule has 0 aliphatic rings. The van der Waals surface area contributed by atoms with Crippen molar-refractivity contribution in [3.8, 4) is 0 Å². The van der Waals surface area contributed by atoms with Crippen LogP contribution in [-0.4, -0.2) is 17.4 Å². The standard InChI is InChI=1S/C18H15FN2O/c19-16-7-5-13(6-8-16)9-10-20-18(22)15-11-14-3-1-2-4-17(14)21-12-15/h1-8,11-12H,9-10H2,(H,20,22). The number of amides is 1. The Morgan fingerprint density at radius 3 is 2.68 bits per heavy atom. The van der Waals surface area contributed by atoms with E-state index in [1.165, 1.54) is 12.1 Å². The second kappa shape index (κ2) is 6.35. The van der Waals surface area contributed by atoms with E-state index in [1.54, 1.807) is 18.3 Å². The minimum atomic E-state index is -0.255. The fraction of sp³-hybridized carbons (Fsp3) is 0.111. The number of benzene rings is 2. The third-order valence-corrected chi connectivity index (χ3v) is 3.47. The Balaban J connectivity index is 1.62. The second-order valence-electron chi connectivity index (χ2n) is 5.05. The van der Waals surface area contributed by atoms with Gasteiger partial charge in [-0.1, -0.05) is 30.3 Å². The van der Waals surface area contributed by atoms with Crippen molar-refractivity contribution in [3.05, 3.63) is 77.7 Å². The summed E-state index contributed by atoms with van der Waals surface area (Å²) < 4.78 is 12.8. The molecular formula is C18H15FN2O. The SMILES string of the molecule is O=C(NCCc1ccc(F)cc1)c1cnc2ccccc2c1. The van der Waals surface area contributed by atoms with E-state index in [0.29, 0.717) is 18.5 Å². The average molecular weight is 294 g/mol. The molecule has 0 aliphatic heterocycles. The largest absolute Gasteiger partial charge is 0.352 e. The van der Waals surface area contributed by atoms with Gasteiger partial charge < -0.3 is 5.32 Å². The number of carbonyl (C=O) groups excluding carboxylic acids is 1. The Labute approximate surface area is 127 Å². The van der Waals surface area contributed by atoms with E-state index in [9.17, 15) is 9.18 Å². The summed E-state index contributed by atoms with van der Waals surface area (Å²) in [6.07, 6.45) is 2.24. The zero-order chi connectivity index (χ0) is 15.4. The van der Waals surface area contributed by atoms with Crippen LogP contribution in [0.5, 0.6) is 0 Å². The molecule has 0 saturated heterocycles. The minimum absolute atomic E-state index is 0.152. The predicted octanol–water partition coefficient (Wildman–Crippen LogP) is 3.35. The summed E-state index contributed by atoms with van der Waals surface area (Å²) in [6, 6.07) is 15.8. The smallest absolute Gasteiger partial charge is 0.252 e. The molecule has 110 valence electrons. The molecule has 4 heteroatoms. The molecule has 0 unspecified atom stereocenters. The summed E-state index contributed by atoms with van der Waals surface area (Å²) in [4.78, 5) is 16.4. The summed E-state index contributed by atoms with van der Waals surface area (Å²) in [7, 11) is 0. The van der Waals surface area contributed by atoms with Gasteiger partial charge in [0.05, 0.1) is 11.1 Å². The molecule has 0 atom stereocenters. The molecule has 0 aliphatic carbocycles. The highest BCUT2D eigenvalue weighted by Crippen LogP contribution is 2.12. The topological polar surface area (TPSA) is 42.0 Å². The molecule has 0 saturated carbocycles. The van der Waals surface area contributed by atoms with E-state index in [0.717, 1.165) is 16.5 Å². The van der Waals surface area contributed by atoms with E-state index in [1.807, 2.05) is 30.3 Å². The summed E-state index contributed by atoms with van der Waals surface area (Å²) in [5, 5.41) is 3.79. The molecule has 0 radical (unpaired) electrons. The molecule has 0 spiro atoms. The van der Waals surface area contributed by atoms with Gasteiger partial charge in [-0.2, -0.15) is 0 Å². The fourth-order valence-corrected chi connectivity index (χ4v) is 2.27. The third-order valence-electron chi connectivity index (χ3n) is 3.47. The summed E-state index contributed by atoms with van der Waals surface area (Å²) in [5.74, 6) is -0.407. The number of hydrogen-bond acceptors (Lipinski definition) is 2. The first-order valence-electron chi connectivity index (χ1n) is 7.10. The van der Waals surface area contributed by atoms with Crippen LogP contribution in [0.25, 0.3) is 10.9 Å². The molecular weight excluding hydrogens is 279 g/mol. The van der Waals surface area contributed by atoms with Crippen molar-refractivity contribution in [1.29, 1.82) is 0 Å². The number of nitrogens with one attached hydrogen (secondary N) is 1. The van der Waals surface area contributed by atoms with Crippen molar-refractivity contribution < 1.29 is 9.18 Å². The predicted molar refractivity (Wildman–Crippen MR) is 84.2 cm³/mol. The van der Waals surface area contributed by atoms with Gasteiger partial charge in [0.25, 0.3) is 5.91 Å². The summed E-state index contributed by atoms with van der Waals surface area (Å²) in [5.41, 5.74) is 2.39. The van der Waals surface area contributed by atoms with Crippen molar-refractivity contribution in [2.24, 2.45) is 0 Å². The maximum Gasteiger partial charge on any atom is 0.252 e. The molecule has 3 aromatic rings. The number of hydrogen-bond donors (Lipinski definition) is 1. The average Bonchev–Trinajstić information content (AvgIpc) is 2.56. The van der Waals surface area contributed by atoms with E-state index < -0.39 is 0 Å². The number of halogens is 1. The molecule has 22 heavy (non-hydrogen) atoms. The summed E-state index contributed by atoms with van der Waals surface area (Å²) in [6.45, 7) is 0.497. The van der Waals surface area contributed by atoms with Gasteiger partial charge in [-0.05, 0) is 36.2 Å². The van der Waals surface area contributed by atoms with Crippen molar-refractivity contribution >= 4 is 16.8 Å². The van der Waals surface area contributed by atoms with Crippen molar-refractivity contribution in [3.63, 3.8) is 0 Å². The monoisotopic (exact) mass is 294 g/mol. The minimum Gasteiger partial charge on any atom is -0.352 e. The lowest BCUT2D eigenvalue weighted by Crippen LogP contribution is -2.25. The molecule has 1 aromatic heterocycles.